The van der Waals surface area contributed by atoms with E-state index < -0.39 is 7.60 Å². The Bertz CT molecular complexity index is 931. The number of allylic oxidation sites excluding steroid dienone is 4. The molecule has 272 valence electrons. The van der Waals surface area contributed by atoms with Crippen molar-refractivity contribution in [3.63, 3.8) is 0 Å². The molecule has 4 heteroatoms. The average Bonchev–Trinajstić information content (AvgIpc) is 3.04. The fraction of sp³-hybridized carbons (Fsp3) is 0.767. The highest BCUT2D eigenvalue weighted by molar-refractivity contribution is 7.50. The van der Waals surface area contributed by atoms with Gasteiger partial charge in [-0.3, -0.25) is 4.57 Å². The summed E-state index contributed by atoms with van der Waals surface area (Å²) in [5.41, 5.74) is 3.41. The standard InChI is InChI=1S/C43H77O3P/c1-3-5-7-9-11-13-15-17-19-21-23-25-27-29-31-33-36-41-37-35-38-42(40-47(44,45)46)43(41)39-34-32-30-28-26-24-22-20-18-16-14-12-10-8-6-4-2/h17-20,35,37-38H,3-16,21-34,36,39-40H2,1-2H3,(H2,44,45,46)/b19-17-,20-18-. The lowest BCUT2D eigenvalue weighted by atomic mass is 9.93. The van der Waals surface area contributed by atoms with Gasteiger partial charge in [0.2, 0.25) is 0 Å². The molecule has 0 saturated carbocycles. The number of benzene rings is 1. The number of aryl methyl sites for hydroxylation is 1. The van der Waals surface area contributed by atoms with Gasteiger partial charge in [-0.15, -0.1) is 0 Å². The van der Waals surface area contributed by atoms with E-state index in [0.717, 1.165) is 31.2 Å². The molecule has 47 heavy (non-hydrogen) atoms. The van der Waals surface area contributed by atoms with Gasteiger partial charge >= 0.3 is 7.60 Å². The summed E-state index contributed by atoms with van der Waals surface area (Å²) in [6, 6.07) is 6.15. The summed E-state index contributed by atoms with van der Waals surface area (Å²) in [7, 11) is -4.08. The third-order valence-electron chi connectivity index (χ3n) is 9.64. The first-order valence-electron chi connectivity index (χ1n) is 20.4. The first-order valence-corrected chi connectivity index (χ1v) is 22.2. The van der Waals surface area contributed by atoms with Crippen molar-refractivity contribution in [2.45, 2.75) is 213 Å². The maximum atomic E-state index is 11.9. The molecule has 0 unspecified atom stereocenters. The van der Waals surface area contributed by atoms with Crippen molar-refractivity contribution in [2.24, 2.45) is 0 Å². The van der Waals surface area contributed by atoms with Crippen molar-refractivity contribution in [3.05, 3.63) is 59.2 Å². The Morgan fingerprint density at radius 1 is 0.468 bits per heavy atom. The van der Waals surface area contributed by atoms with Crippen LogP contribution in [-0.2, 0) is 23.6 Å². The van der Waals surface area contributed by atoms with Gasteiger partial charge in [-0.25, -0.2) is 0 Å². The summed E-state index contributed by atoms with van der Waals surface area (Å²) >= 11 is 0. The van der Waals surface area contributed by atoms with Crippen molar-refractivity contribution in [3.8, 4) is 0 Å². The van der Waals surface area contributed by atoms with Crippen LogP contribution in [0.5, 0.6) is 0 Å². The lowest BCUT2D eigenvalue weighted by Crippen LogP contribution is -2.02. The molecular formula is C43H77O3P. The van der Waals surface area contributed by atoms with Crippen molar-refractivity contribution in [2.75, 3.05) is 0 Å². The van der Waals surface area contributed by atoms with E-state index in [9.17, 15) is 14.4 Å². The Kier molecular flexibility index (Phi) is 29.9. The van der Waals surface area contributed by atoms with E-state index in [4.69, 9.17) is 0 Å². The Labute approximate surface area is 293 Å². The zero-order valence-electron chi connectivity index (χ0n) is 31.2. The van der Waals surface area contributed by atoms with E-state index in [2.05, 4.69) is 44.2 Å². The first-order chi connectivity index (χ1) is 23.0. The molecule has 1 aromatic carbocycles. The van der Waals surface area contributed by atoms with Crippen LogP contribution in [0.15, 0.2) is 42.5 Å². The quantitative estimate of drug-likeness (QED) is 0.0435. The summed E-state index contributed by atoms with van der Waals surface area (Å²) in [6.07, 6.45) is 47.9. The van der Waals surface area contributed by atoms with Gasteiger partial charge in [0.05, 0.1) is 6.16 Å². The lowest BCUT2D eigenvalue weighted by molar-refractivity contribution is 0.371. The zero-order chi connectivity index (χ0) is 34.1. The SMILES string of the molecule is CCCCCCCC/C=C\CCCCCCCCc1cccc(CP(=O)(O)O)c1CCCCCCCC/C=C\CCCCCCCC. The molecule has 0 spiro atoms. The molecule has 0 radical (unpaired) electrons. The molecule has 0 aliphatic heterocycles. The molecule has 0 fully saturated rings. The molecule has 0 aliphatic carbocycles. The summed E-state index contributed by atoms with van der Waals surface area (Å²) in [5, 5.41) is 0. The predicted molar refractivity (Wildman–Crippen MR) is 209 cm³/mol. The Balaban J connectivity index is 2.23. The second-order valence-corrected chi connectivity index (χ2v) is 15.9. The monoisotopic (exact) mass is 673 g/mol. The largest absolute Gasteiger partial charge is 0.329 e. The van der Waals surface area contributed by atoms with Gasteiger partial charge < -0.3 is 9.79 Å². The predicted octanol–water partition coefficient (Wildman–Crippen LogP) is 14.5. The van der Waals surface area contributed by atoms with Gasteiger partial charge in [-0.1, -0.05) is 172 Å². The van der Waals surface area contributed by atoms with Gasteiger partial charge in [0, 0.05) is 0 Å². The third kappa shape index (κ3) is 28.4. The van der Waals surface area contributed by atoms with Gasteiger partial charge in [-0.05, 0) is 93.7 Å². The van der Waals surface area contributed by atoms with Crippen LogP contribution >= 0.6 is 7.60 Å². The summed E-state index contributed by atoms with van der Waals surface area (Å²) in [5.74, 6) is 0. The molecule has 0 aliphatic rings. The minimum Gasteiger partial charge on any atom is -0.324 e. The number of rotatable bonds is 34. The summed E-state index contributed by atoms with van der Waals surface area (Å²) in [6.45, 7) is 4.55. The highest BCUT2D eigenvalue weighted by Crippen LogP contribution is 2.40. The molecular weight excluding hydrogens is 595 g/mol. The number of unbranched alkanes of at least 4 members (excludes halogenated alkanes) is 24. The van der Waals surface area contributed by atoms with Crippen molar-refractivity contribution >= 4 is 7.60 Å². The Morgan fingerprint density at radius 2 is 0.809 bits per heavy atom. The molecule has 1 aromatic rings. The van der Waals surface area contributed by atoms with Crippen LogP contribution in [-0.4, -0.2) is 9.79 Å². The molecule has 0 amide bonds. The molecule has 0 aromatic heterocycles. The van der Waals surface area contributed by atoms with Crippen LogP contribution in [0, 0.1) is 0 Å². The molecule has 2 N–H and O–H groups in total. The van der Waals surface area contributed by atoms with Gasteiger partial charge in [0.1, 0.15) is 0 Å². The van der Waals surface area contributed by atoms with Crippen molar-refractivity contribution < 1.29 is 14.4 Å². The fourth-order valence-electron chi connectivity index (χ4n) is 6.73. The second kappa shape index (κ2) is 32.1. The van der Waals surface area contributed by atoms with Crippen LogP contribution in [0.1, 0.15) is 210 Å². The molecule has 0 bridgehead atoms. The number of hydrogen-bond donors (Lipinski definition) is 2. The minimum absolute atomic E-state index is 0.129. The Hall–Kier alpha value is -1.15. The van der Waals surface area contributed by atoms with Crippen molar-refractivity contribution in [1.82, 2.24) is 0 Å². The van der Waals surface area contributed by atoms with Crippen LogP contribution in [0.2, 0.25) is 0 Å². The van der Waals surface area contributed by atoms with Crippen LogP contribution in [0.4, 0.5) is 0 Å². The highest BCUT2D eigenvalue weighted by Gasteiger charge is 2.18. The Morgan fingerprint density at radius 3 is 1.21 bits per heavy atom. The van der Waals surface area contributed by atoms with E-state index in [1.54, 1.807) is 0 Å². The maximum Gasteiger partial charge on any atom is 0.329 e. The van der Waals surface area contributed by atoms with E-state index in [-0.39, 0.29) is 6.16 Å². The van der Waals surface area contributed by atoms with Gasteiger partial charge in [0.25, 0.3) is 0 Å². The van der Waals surface area contributed by atoms with Crippen molar-refractivity contribution in [1.29, 1.82) is 0 Å². The number of hydrogen-bond acceptors (Lipinski definition) is 1. The highest BCUT2D eigenvalue weighted by atomic mass is 31.2. The molecule has 1 rings (SSSR count). The second-order valence-electron chi connectivity index (χ2n) is 14.3. The normalized spacial score (nSPS) is 12.3. The van der Waals surface area contributed by atoms with E-state index in [0.29, 0.717) is 0 Å². The van der Waals surface area contributed by atoms with E-state index in [1.165, 1.54) is 178 Å². The molecule has 0 atom stereocenters. The summed E-state index contributed by atoms with van der Waals surface area (Å²) in [4.78, 5) is 19.5. The third-order valence-corrected chi connectivity index (χ3v) is 10.4. The maximum absolute atomic E-state index is 11.9. The summed E-state index contributed by atoms with van der Waals surface area (Å²) < 4.78 is 11.9. The van der Waals surface area contributed by atoms with Gasteiger partial charge in [-0.2, -0.15) is 0 Å². The molecule has 0 saturated heterocycles. The first kappa shape index (κ1) is 43.9. The zero-order valence-corrected chi connectivity index (χ0v) is 32.1. The van der Waals surface area contributed by atoms with Crippen LogP contribution in [0.25, 0.3) is 0 Å². The molecule has 3 nitrogen and oxygen atoms in total. The average molecular weight is 673 g/mol. The topological polar surface area (TPSA) is 57.5 Å². The van der Waals surface area contributed by atoms with E-state index >= 15 is 0 Å². The fourth-order valence-corrected chi connectivity index (χ4v) is 7.47. The van der Waals surface area contributed by atoms with Crippen LogP contribution < -0.4 is 0 Å². The smallest absolute Gasteiger partial charge is 0.324 e. The minimum atomic E-state index is -4.08. The van der Waals surface area contributed by atoms with Crippen LogP contribution in [0.3, 0.4) is 0 Å². The molecule has 0 heterocycles. The lowest BCUT2D eigenvalue weighted by Gasteiger charge is -2.16. The van der Waals surface area contributed by atoms with E-state index in [1.807, 2.05) is 12.1 Å². The van der Waals surface area contributed by atoms with Gasteiger partial charge in [0.15, 0.2) is 0 Å².